The Labute approximate surface area is 99.3 Å². The van der Waals surface area contributed by atoms with Crippen LogP contribution in [-0.4, -0.2) is 23.5 Å². The Morgan fingerprint density at radius 1 is 1.40 bits per heavy atom. The second-order valence-electron chi connectivity index (χ2n) is 2.96. The van der Waals surface area contributed by atoms with Gasteiger partial charge in [0.1, 0.15) is 0 Å². The van der Waals surface area contributed by atoms with Gasteiger partial charge in [0.05, 0.1) is 5.75 Å². The van der Waals surface area contributed by atoms with Crippen molar-refractivity contribution in [2.75, 3.05) is 17.8 Å². The van der Waals surface area contributed by atoms with E-state index in [0.29, 0.717) is 5.75 Å². The van der Waals surface area contributed by atoms with E-state index < -0.39 is 0 Å². The minimum Gasteiger partial charge on any atom is -0.293 e. The Kier molecular flexibility index (Phi) is 5.58. The molecule has 0 N–H and O–H groups in total. The molecule has 1 aromatic rings. The van der Waals surface area contributed by atoms with Crippen LogP contribution < -0.4 is 0 Å². The zero-order chi connectivity index (χ0) is 11.1. The van der Waals surface area contributed by atoms with E-state index in [4.69, 9.17) is 0 Å². The normalized spacial score (nSPS) is 9.93. The van der Waals surface area contributed by atoms with E-state index in [1.807, 2.05) is 36.6 Å². The molecule has 0 amide bonds. The Morgan fingerprint density at radius 3 is 2.60 bits per heavy atom. The zero-order valence-electron chi connectivity index (χ0n) is 8.73. The van der Waals surface area contributed by atoms with Gasteiger partial charge in [-0.15, -0.1) is 30.1 Å². The second-order valence-corrected chi connectivity index (χ2v) is 4.87. The third-order valence-electron chi connectivity index (χ3n) is 1.88. The summed E-state index contributed by atoms with van der Waals surface area (Å²) < 4.78 is 0. The number of Topliss-reactive ketones (excluding diaryl/α,β-unsaturated/α-hetero) is 1. The number of thioether (sulfide) groups is 2. The highest BCUT2D eigenvalue weighted by atomic mass is 32.2. The molecule has 0 aliphatic carbocycles. The van der Waals surface area contributed by atoms with Gasteiger partial charge in [-0.25, -0.2) is 0 Å². The first kappa shape index (κ1) is 12.4. The van der Waals surface area contributed by atoms with Gasteiger partial charge >= 0.3 is 0 Å². The lowest BCUT2D eigenvalue weighted by Gasteiger charge is -2.01. The fourth-order valence-corrected chi connectivity index (χ4v) is 2.14. The van der Waals surface area contributed by atoms with Crippen molar-refractivity contribution in [3.63, 3.8) is 0 Å². The summed E-state index contributed by atoms with van der Waals surface area (Å²) in [4.78, 5) is 12.8. The minimum absolute atomic E-state index is 0.189. The van der Waals surface area contributed by atoms with Gasteiger partial charge in [-0.05, 0) is 18.4 Å². The van der Waals surface area contributed by atoms with Crippen LogP contribution in [0.25, 0.3) is 0 Å². The van der Waals surface area contributed by atoms with E-state index in [1.165, 1.54) is 4.90 Å². The third-order valence-corrected chi connectivity index (χ3v) is 3.56. The predicted octanol–water partition coefficient (Wildman–Crippen LogP) is 3.51. The molecule has 0 radical (unpaired) electrons. The molecule has 3 heteroatoms. The average Bonchev–Trinajstić information content (AvgIpc) is 2.29. The summed E-state index contributed by atoms with van der Waals surface area (Å²) in [7, 11) is 0. The number of carbonyl (C=O) groups is 1. The van der Waals surface area contributed by atoms with E-state index in [1.54, 1.807) is 23.5 Å². The fraction of sp³-hybridized carbons (Fsp3) is 0.250. The van der Waals surface area contributed by atoms with Crippen molar-refractivity contribution in [1.82, 2.24) is 0 Å². The molecule has 80 valence electrons. The molecule has 0 heterocycles. The van der Waals surface area contributed by atoms with Gasteiger partial charge in [-0.3, -0.25) is 4.79 Å². The summed E-state index contributed by atoms with van der Waals surface area (Å²) in [5.41, 5.74) is 0.796. The van der Waals surface area contributed by atoms with Gasteiger partial charge in [0.25, 0.3) is 0 Å². The summed E-state index contributed by atoms with van der Waals surface area (Å²) in [6.07, 6.45) is 3.84. The Hall–Kier alpha value is -0.670. The molecular weight excluding hydrogens is 224 g/mol. The SMILES string of the molecule is C=CCSCC(=O)c1ccc(SC)cc1. The monoisotopic (exact) mass is 238 g/mol. The standard InChI is InChI=1S/C12H14OS2/c1-3-8-15-9-12(13)10-4-6-11(14-2)7-5-10/h3-7H,1,8-9H2,2H3. The molecule has 1 rings (SSSR count). The van der Waals surface area contributed by atoms with Gasteiger partial charge < -0.3 is 0 Å². The zero-order valence-corrected chi connectivity index (χ0v) is 10.4. The molecule has 0 saturated heterocycles. The maximum Gasteiger partial charge on any atom is 0.172 e. The topological polar surface area (TPSA) is 17.1 Å². The van der Waals surface area contributed by atoms with Crippen molar-refractivity contribution < 1.29 is 4.79 Å². The maximum atomic E-state index is 11.7. The van der Waals surface area contributed by atoms with Crippen LogP contribution in [-0.2, 0) is 0 Å². The molecule has 0 aliphatic rings. The van der Waals surface area contributed by atoms with Crippen molar-refractivity contribution in [3.05, 3.63) is 42.5 Å². The van der Waals surface area contributed by atoms with Crippen molar-refractivity contribution in [2.45, 2.75) is 4.90 Å². The van der Waals surface area contributed by atoms with Crippen LogP contribution in [0.4, 0.5) is 0 Å². The lowest BCUT2D eigenvalue weighted by Crippen LogP contribution is -2.02. The molecule has 0 fully saturated rings. The van der Waals surface area contributed by atoms with Crippen LogP contribution in [0.2, 0.25) is 0 Å². The number of hydrogen-bond donors (Lipinski definition) is 0. The lowest BCUT2D eigenvalue weighted by atomic mass is 10.1. The van der Waals surface area contributed by atoms with Crippen LogP contribution in [0.5, 0.6) is 0 Å². The second kappa shape index (κ2) is 6.75. The number of carbonyl (C=O) groups excluding carboxylic acids is 1. The molecule has 0 aliphatic heterocycles. The molecule has 0 unspecified atom stereocenters. The number of ketones is 1. The lowest BCUT2D eigenvalue weighted by molar-refractivity contribution is 0.102. The summed E-state index contributed by atoms with van der Waals surface area (Å²) in [6, 6.07) is 7.75. The van der Waals surface area contributed by atoms with Crippen LogP contribution in [0.1, 0.15) is 10.4 Å². The molecule has 0 aromatic heterocycles. The molecule has 0 spiro atoms. The van der Waals surface area contributed by atoms with Gasteiger partial charge in [0.2, 0.25) is 0 Å². The molecule has 0 atom stereocenters. The van der Waals surface area contributed by atoms with E-state index in [2.05, 4.69) is 6.58 Å². The molecule has 1 nitrogen and oxygen atoms in total. The van der Waals surface area contributed by atoms with Crippen LogP contribution in [0.15, 0.2) is 41.8 Å². The van der Waals surface area contributed by atoms with Crippen molar-refractivity contribution in [2.24, 2.45) is 0 Å². The van der Waals surface area contributed by atoms with Gasteiger partial charge in [0.15, 0.2) is 5.78 Å². The molecule has 15 heavy (non-hydrogen) atoms. The first-order valence-corrected chi connectivity index (χ1v) is 7.01. The van der Waals surface area contributed by atoms with E-state index >= 15 is 0 Å². The third kappa shape index (κ3) is 4.14. The Bertz CT molecular complexity index is 330. The Morgan fingerprint density at radius 2 is 2.07 bits per heavy atom. The maximum absolute atomic E-state index is 11.7. The first-order chi connectivity index (χ1) is 7.27. The molecular formula is C12H14OS2. The molecule has 0 saturated carbocycles. The van der Waals surface area contributed by atoms with E-state index in [-0.39, 0.29) is 5.78 Å². The summed E-state index contributed by atoms with van der Waals surface area (Å²) >= 11 is 3.27. The number of hydrogen-bond acceptors (Lipinski definition) is 3. The number of rotatable bonds is 6. The molecule has 1 aromatic carbocycles. The van der Waals surface area contributed by atoms with E-state index in [0.717, 1.165) is 11.3 Å². The van der Waals surface area contributed by atoms with Crippen LogP contribution in [0.3, 0.4) is 0 Å². The quantitative estimate of drug-likeness (QED) is 0.327. The van der Waals surface area contributed by atoms with E-state index in [9.17, 15) is 4.79 Å². The number of benzene rings is 1. The largest absolute Gasteiger partial charge is 0.293 e. The van der Waals surface area contributed by atoms with Crippen molar-refractivity contribution in [3.8, 4) is 0 Å². The predicted molar refractivity (Wildman–Crippen MR) is 70.1 cm³/mol. The van der Waals surface area contributed by atoms with Crippen molar-refractivity contribution in [1.29, 1.82) is 0 Å². The smallest absolute Gasteiger partial charge is 0.172 e. The average molecular weight is 238 g/mol. The van der Waals surface area contributed by atoms with Gasteiger partial charge in [0, 0.05) is 16.2 Å². The Balaban J connectivity index is 2.54. The highest BCUT2D eigenvalue weighted by Crippen LogP contribution is 2.16. The summed E-state index contributed by atoms with van der Waals surface area (Å²) in [5, 5.41) is 0. The summed E-state index contributed by atoms with van der Waals surface area (Å²) in [6.45, 7) is 3.62. The highest BCUT2D eigenvalue weighted by molar-refractivity contribution is 8.00. The highest BCUT2D eigenvalue weighted by Gasteiger charge is 2.04. The molecule has 0 bridgehead atoms. The van der Waals surface area contributed by atoms with Crippen LogP contribution >= 0.6 is 23.5 Å². The van der Waals surface area contributed by atoms with Crippen molar-refractivity contribution >= 4 is 29.3 Å². The van der Waals surface area contributed by atoms with Gasteiger partial charge in [-0.1, -0.05) is 18.2 Å². The van der Waals surface area contributed by atoms with Crippen LogP contribution in [0, 0.1) is 0 Å². The minimum atomic E-state index is 0.189. The van der Waals surface area contributed by atoms with Gasteiger partial charge in [-0.2, -0.15) is 0 Å². The fourth-order valence-electron chi connectivity index (χ4n) is 1.10. The first-order valence-electron chi connectivity index (χ1n) is 4.64. The summed E-state index contributed by atoms with van der Waals surface area (Å²) in [5.74, 6) is 1.55.